The number of ether oxygens (including phenoxy) is 2. The maximum absolute atomic E-state index is 14.8. The molecule has 0 spiro atoms. The van der Waals surface area contributed by atoms with E-state index in [1.54, 1.807) is 17.8 Å². The van der Waals surface area contributed by atoms with Crippen LogP contribution in [0.5, 0.6) is 11.5 Å². The van der Waals surface area contributed by atoms with Gasteiger partial charge in [-0.1, -0.05) is 12.1 Å². The molecular formula is C32H30F5N7O5. The zero-order valence-corrected chi connectivity index (χ0v) is 26.1. The van der Waals surface area contributed by atoms with Crippen molar-refractivity contribution in [1.29, 1.82) is 0 Å². The van der Waals surface area contributed by atoms with Crippen LogP contribution >= 0.6 is 0 Å². The van der Waals surface area contributed by atoms with Gasteiger partial charge in [0.15, 0.2) is 0 Å². The number of hydrogen-bond acceptors (Lipinski definition) is 8. The van der Waals surface area contributed by atoms with Crippen molar-refractivity contribution in [2.75, 3.05) is 20.3 Å². The van der Waals surface area contributed by atoms with Gasteiger partial charge in [-0.15, -0.1) is 0 Å². The van der Waals surface area contributed by atoms with Crippen LogP contribution in [0, 0.1) is 0 Å². The van der Waals surface area contributed by atoms with Gasteiger partial charge in [-0.2, -0.15) is 32.1 Å². The predicted octanol–water partition coefficient (Wildman–Crippen LogP) is 4.79. The molecule has 1 saturated carbocycles. The van der Waals surface area contributed by atoms with Crippen LogP contribution < -0.4 is 20.5 Å². The Morgan fingerprint density at radius 3 is 2.49 bits per heavy atom. The van der Waals surface area contributed by atoms with E-state index >= 15 is 0 Å². The molecule has 4 N–H and O–H groups in total. The number of fused-ring (bicyclic) bond motifs is 2. The van der Waals surface area contributed by atoms with Crippen molar-refractivity contribution in [3.63, 3.8) is 0 Å². The number of aliphatic hydroxyl groups is 1. The molecule has 1 atom stereocenters. The van der Waals surface area contributed by atoms with Crippen molar-refractivity contribution in [1.82, 2.24) is 29.9 Å². The van der Waals surface area contributed by atoms with E-state index in [9.17, 15) is 36.6 Å². The minimum Gasteiger partial charge on any atom is -0.494 e. The highest BCUT2D eigenvalue weighted by Gasteiger charge is 2.57. The lowest BCUT2D eigenvalue weighted by atomic mass is 9.93. The number of carbonyl (C=O) groups is 2. The summed E-state index contributed by atoms with van der Waals surface area (Å²) in [5.74, 6) is -1.75. The number of primary amides is 1. The molecule has 49 heavy (non-hydrogen) atoms. The van der Waals surface area contributed by atoms with Crippen molar-refractivity contribution in [2.45, 2.75) is 50.6 Å². The first-order valence-corrected chi connectivity index (χ1v) is 15.1. The highest BCUT2D eigenvalue weighted by molar-refractivity contribution is 6.00. The summed E-state index contributed by atoms with van der Waals surface area (Å²) in [6, 6.07) is 7.95. The average Bonchev–Trinajstić information content (AvgIpc) is 3.66. The minimum absolute atomic E-state index is 0.00496. The summed E-state index contributed by atoms with van der Waals surface area (Å²) in [7, 11) is 1.37. The molecule has 0 aliphatic heterocycles. The van der Waals surface area contributed by atoms with Crippen molar-refractivity contribution < 1.29 is 46.1 Å². The Kier molecular flexibility index (Phi) is 8.64. The van der Waals surface area contributed by atoms with E-state index in [1.165, 1.54) is 37.4 Å². The molecule has 5 aromatic rings. The summed E-state index contributed by atoms with van der Waals surface area (Å²) in [4.78, 5) is 29.5. The average molecular weight is 688 g/mol. The van der Waals surface area contributed by atoms with Gasteiger partial charge >= 0.3 is 12.7 Å². The number of benzene rings is 2. The Balaban J connectivity index is 1.41. The third-order valence-corrected chi connectivity index (χ3v) is 8.09. The maximum atomic E-state index is 14.8. The molecule has 1 fully saturated rings. The molecule has 17 heteroatoms. The molecule has 2 amide bonds. The first-order chi connectivity index (χ1) is 23.2. The number of halogens is 5. The highest BCUT2D eigenvalue weighted by Crippen LogP contribution is 2.43. The van der Waals surface area contributed by atoms with Crippen molar-refractivity contribution in [3.05, 3.63) is 65.6 Å². The SMILES string of the molecule is CCOc1c(CC(N)=O)cc([C@@](O)(CNC(=O)c2cc(OC)c3nn(C4CC4)cc3c2)C(F)(F)F)nc1-c1ccc2cn(C(F)F)nc2c1. The van der Waals surface area contributed by atoms with E-state index in [1.807, 2.05) is 0 Å². The van der Waals surface area contributed by atoms with Crippen LogP contribution in [-0.2, 0) is 16.8 Å². The number of methoxy groups -OCH3 is 1. The van der Waals surface area contributed by atoms with E-state index in [2.05, 4.69) is 20.5 Å². The standard InChI is InChI=1S/C32H30F5N7O5/c1-3-49-28-18(12-25(38)45)11-24(40-27(28)16-4-5-17-13-44(30(33)34)41-22(17)9-16)31(47,32(35,36)37)15-39-29(46)19-8-20-14-43(21-6-7-21)42-26(20)23(10-19)48-2/h4-5,8-11,13-14,21,30,47H,3,6-7,12,15H2,1-2H3,(H2,38,45)(H,39,46)/t31-/m0/s1. The van der Waals surface area contributed by atoms with Crippen LogP contribution in [0.25, 0.3) is 33.1 Å². The molecule has 12 nitrogen and oxygen atoms in total. The third kappa shape index (κ3) is 6.45. The fraction of sp³-hybridized carbons (Fsp3) is 0.344. The Bertz CT molecular complexity index is 2070. The molecule has 0 saturated heterocycles. The van der Waals surface area contributed by atoms with E-state index in [-0.39, 0.29) is 52.0 Å². The van der Waals surface area contributed by atoms with Crippen LogP contribution in [0.2, 0.25) is 0 Å². The molecule has 258 valence electrons. The quantitative estimate of drug-likeness (QED) is 0.158. The number of nitrogens with one attached hydrogen (secondary N) is 1. The number of rotatable bonds is 12. The first kappa shape index (κ1) is 33.6. The summed E-state index contributed by atoms with van der Waals surface area (Å²) >= 11 is 0. The Hall–Kier alpha value is -5.32. The lowest BCUT2D eigenvalue weighted by Crippen LogP contribution is -2.51. The topological polar surface area (TPSA) is 159 Å². The van der Waals surface area contributed by atoms with E-state index < -0.39 is 48.8 Å². The van der Waals surface area contributed by atoms with Crippen LogP contribution in [-0.4, -0.2) is 67.9 Å². The predicted molar refractivity (Wildman–Crippen MR) is 165 cm³/mol. The number of aromatic nitrogens is 5. The van der Waals surface area contributed by atoms with Gasteiger partial charge in [-0.25, -0.2) is 9.67 Å². The number of pyridine rings is 1. The molecule has 6 rings (SSSR count). The molecule has 2 aromatic carbocycles. The van der Waals surface area contributed by atoms with Crippen LogP contribution in [0.4, 0.5) is 22.0 Å². The Morgan fingerprint density at radius 1 is 1.10 bits per heavy atom. The maximum Gasteiger partial charge on any atom is 0.424 e. The Labute approximate surface area is 274 Å². The smallest absolute Gasteiger partial charge is 0.424 e. The van der Waals surface area contributed by atoms with Crippen LogP contribution in [0.3, 0.4) is 0 Å². The molecule has 0 bridgehead atoms. The third-order valence-electron chi connectivity index (χ3n) is 8.09. The second kappa shape index (κ2) is 12.6. The number of hydrogen-bond donors (Lipinski definition) is 3. The Morgan fingerprint density at radius 2 is 1.86 bits per heavy atom. The second-order valence-electron chi connectivity index (χ2n) is 11.6. The van der Waals surface area contributed by atoms with Gasteiger partial charge < -0.3 is 25.6 Å². The lowest BCUT2D eigenvalue weighted by molar-refractivity contribution is -0.265. The second-order valence-corrected chi connectivity index (χ2v) is 11.6. The zero-order valence-electron chi connectivity index (χ0n) is 26.1. The molecule has 3 aromatic heterocycles. The van der Waals surface area contributed by atoms with E-state index in [4.69, 9.17) is 15.2 Å². The monoisotopic (exact) mass is 687 g/mol. The van der Waals surface area contributed by atoms with Gasteiger partial charge in [0.05, 0.1) is 43.9 Å². The van der Waals surface area contributed by atoms with Gasteiger partial charge in [-0.05, 0) is 44.0 Å². The molecule has 1 aliphatic rings. The summed E-state index contributed by atoms with van der Waals surface area (Å²) in [6.45, 7) is -2.75. The van der Waals surface area contributed by atoms with Gasteiger partial charge in [0.2, 0.25) is 11.5 Å². The largest absolute Gasteiger partial charge is 0.494 e. The van der Waals surface area contributed by atoms with Crippen LogP contribution in [0.15, 0.2) is 48.8 Å². The normalized spacial score (nSPS) is 14.7. The summed E-state index contributed by atoms with van der Waals surface area (Å²) in [5.41, 5.74) is 0.850. The number of carbonyl (C=O) groups excluding carboxylic acids is 2. The molecular weight excluding hydrogens is 657 g/mol. The number of amides is 2. The zero-order chi connectivity index (χ0) is 35.2. The van der Waals surface area contributed by atoms with E-state index in [0.717, 1.165) is 25.1 Å². The highest BCUT2D eigenvalue weighted by atomic mass is 19.4. The summed E-state index contributed by atoms with van der Waals surface area (Å²) in [5, 5.41) is 22.7. The fourth-order valence-corrected chi connectivity index (χ4v) is 5.48. The van der Waals surface area contributed by atoms with Crippen molar-refractivity contribution in [2.24, 2.45) is 5.73 Å². The molecule has 1 aliphatic carbocycles. The van der Waals surface area contributed by atoms with Crippen LogP contribution in [0.1, 0.15) is 54.0 Å². The number of nitrogens with two attached hydrogens (primary N) is 1. The molecule has 0 radical (unpaired) electrons. The van der Waals surface area contributed by atoms with Gasteiger partial charge in [0.25, 0.3) is 5.91 Å². The van der Waals surface area contributed by atoms with Gasteiger partial charge in [0, 0.05) is 39.9 Å². The minimum atomic E-state index is -5.41. The lowest BCUT2D eigenvalue weighted by Gasteiger charge is -2.31. The van der Waals surface area contributed by atoms with Crippen molar-refractivity contribution >= 4 is 33.6 Å². The first-order valence-electron chi connectivity index (χ1n) is 15.1. The van der Waals surface area contributed by atoms with Crippen molar-refractivity contribution in [3.8, 4) is 22.8 Å². The number of alkyl halides is 5. The van der Waals surface area contributed by atoms with E-state index in [0.29, 0.717) is 21.0 Å². The summed E-state index contributed by atoms with van der Waals surface area (Å²) < 4.78 is 84.3. The number of nitrogens with zero attached hydrogens (tertiary/aromatic N) is 5. The fourth-order valence-electron chi connectivity index (χ4n) is 5.48. The summed E-state index contributed by atoms with van der Waals surface area (Å²) in [6.07, 6.45) is -1.31. The van der Waals surface area contributed by atoms with Gasteiger partial charge in [-0.3, -0.25) is 14.3 Å². The van der Waals surface area contributed by atoms with Gasteiger partial charge in [0.1, 0.15) is 22.7 Å². The molecule has 3 heterocycles. The molecule has 0 unspecified atom stereocenters.